The van der Waals surface area contributed by atoms with Gasteiger partial charge in [-0.1, -0.05) is 60.7 Å². The lowest BCUT2D eigenvalue weighted by Gasteiger charge is -2.27. The molecule has 4 rings (SSSR count). The number of hydrogen-bond donors (Lipinski definition) is 2. The zero-order valence-corrected chi connectivity index (χ0v) is 18.1. The monoisotopic (exact) mass is 434 g/mol. The second-order valence-electron chi connectivity index (χ2n) is 7.52. The number of nitrogens with zero attached hydrogens (tertiary/aromatic N) is 3. The van der Waals surface area contributed by atoms with Gasteiger partial charge >= 0.3 is 5.97 Å². The number of thioether (sulfide) groups is 1. The van der Waals surface area contributed by atoms with E-state index in [1.165, 1.54) is 18.2 Å². The van der Waals surface area contributed by atoms with Crippen LogP contribution in [-0.4, -0.2) is 34.1 Å². The molecule has 31 heavy (non-hydrogen) atoms. The minimum absolute atomic E-state index is 0.137. The highest BCUT2D eigenvalue weighted by molar-refractivity contribution is 7.98. The molecule has 1 aliphatic heterocycles. The minimum Gasteiger partial charge on any atom is -0.477 e. The Morgan fingerprint density at radius 1 is 0.935 bits per heavy atom. The van der Waals surface area contributed by atoms with Crippen LogP contribution in [0, 0.1) is 0 Å². The van der Waals surface area contributed by atoms with Crippen LogP contribution in [0.3, 0.4) is 0 Å². The van der Waals surface area contributed by atoms with E-state index in [0.717, 1.165) is 37.1 Å². The Balaban J connectivity index is 1.66. The number of aromatic nitrogens is 2. The molecule has 0 unspecified atom stereocenters. The van der Waals surface area contributed by atoms with Crippen LogP contribution in [0.5, 0.6) is 0 Å². The van der Waals surface area contributed by atoms with Crippen LogP contribution in [-0.2, 0) is 12.3 Å². The van der Waals surface area contributed by atoms with Crippen LogP contribution >= 0.6 is 11.8 Å². The fourth-order valence-electron chi connectivity index (χ4n) is 3.60. The Kier molecular flexibility index (Phi) is 7.04. The van der Waals surface area contributed by atoms with Crippen molar-refractivity contribution in [2.75, 3.05) is 23.3 Å². The molecular formula is C24H26N4O2S. The summed E-state index contributed by atoms with van der Waals surface area (Å²) in [6, 6.07) is 19.9. The van der Waals surface area contributed by atoms with Crippen LogP contribution in [0.1, 0.15) is 40.7 Å². The van der Waals surface area contributed by atoms with Crippen LogP contribution in [0.15, 0.2) is 65.7 Å². The first-order chi connectivity index (χ1) is 15.2. The van der Waals surface area contributed by atoms with Crippen molar-refractivity contribution < 1.29 is 9.90 Å². The number of rotatable bonds is 8. The summed E-state index contributed by atoms with van der Waals surface area (Å²) in [7, 11) is 0. The number of carboxylic acids is 1. The SMILES string of the molecule is O=C(O)c1c(NCc2ccccc2)nc(N2CCCCC2)nc1SCc1ccccc1. The van der Waals surface area contributed by atoms with Crippen LogP contribution in [0.25, 0.3) is 0 Å². The number of piperidine rings is 1. The van der Waals surface area contributed by atoms with Crippen molar-refractivity contribution in [2.45, 2.75) is 36.6 Å². The standard InChI is InChI=1S/C24H26N4O2S/c29-23(30)20-21(25-16-18-10-4-1-5-11-18)26-24(28-14-8-3-9-15-28)27-22(20)31-17-19-12-6-2-7-13-19/h1-2,4-7,10-13H,3,8-9,14-17H2,(H,29,30)(H,25,26,27). The summed E-state index contributed by atoms with van der Waals surface area (Å²) in [6.07, 6.45) is 3.41. The summed E-state index contributed by atoms with van der Waals surface area (Å²) in [5, 5.41) is 13.8. The molecule has 1 aromatic heterocycles. The van der Waals surface area contributed by atoms with Gasteiger partial charge in [-0.05, 0) is 30.4 Å². The van der Waals surface area contributed by atoms with Crippen molar-refractivity contribution >= 4 is 29.5 Å². The molecule has 2 N–H and O–H groups in total. The number of nitrogens with one attached hydrogen (secondary N) is 1. The van der Waals surface area contributed by atoms with E-state index in [0.29, 0.717) is 29.1 Å². The summed E-state index contributed by atoms with van der Waals surface area (Å²) in [6.45, 7) is 2.29. The summed E-state index contributed by atoms with van der Waals surface area (Å²) in [5.41, 5.74) is 2.33. The predicted octanol–water partition coefficient (Wildman–Crippen LogP) is 5.07. The first-order valence-electron chi connectivity index (χ1n) is 10.6. The molecule has 0 aliphatic carbocycles. The molecular weight excluding hydrogens is 408 g/mol. The predicted molar refractivity (Wildman–Crippen MR) is 125 cm³/mol. The molecule has 1 fully saturated rings. The zero-order valence-electron chi connectivity index (χ0n) is 17.3. The lowest BCUT2D eigenvalue weighted by atomic mass is 10.1. The van der Waals surface area contributed by atoms with E-state index in [9.17, 15) is 9.90 Å². The molecule has 0 atom stereocenters. The van der Waals surface area contributed by atoms with E-state index < -0.39 is 5.97 Å². The second kappa shape index (κ2) is 10.3. The highest BCUT2D eigenvalue weighted by atomic mass is 32.2. The summed E-state index contributed by atoms with van der Waals surface area (Å²) in [4.78, 5) is 23.7. The second-order valence-corrected chi connectivity index (χ2v) is 8.48. The molecule has 2 heterocycles. The van der Waals surface area contributed by atoms with Gasteiger partial charge in [0, 0.05) is 25.4 Å². The fraction of sp³-hybridized carbons (Fsp3) is 0.292. The fourth-order valence-corrected chi connectivity index (χ4v) is 4.57. The van der Waals surface area contributed by atoms with Gasteiger partial charge in [-0.15, -0.1) is 11.8 Å². The normalized spacial score (nSPS) is 13.7. The van der Waals surface area contributed by atoms with Crippen molar-refractivity contribution in [3.8, 4) is 0 Å². The molecule has 0 radical (unpaired) electrons. The smallest absolute Gasteiger partial charge is 0.342 e. The summed E-state index contributed by atoms with van der Waals surface area (Å²) < 4.78 is 0. The first-order valence-corrected chi connectivity index (χ1v) is 11.5. The topological polar surface area (TPSA) is 78.3 Å². The third kappa shape index (κ3) is 5.55. The molecule has 3 aromatic rings. The van der Waals surface area contributed by atoms with Crippen LogP contribution < -0.4 is 10.2 Å². The zero-order chi connectivity index (χ0) is 21.5. The van der Waals surface area contributed by atoms with Crippen molar-refractivity contribution in [1.82, 2.24) is 9.97 Å². The van der Waals surface area contributed by atoms with Crippen LogP contribution in [0.4, 0.5) is 11.8 Å². The van der Waals surface area contributed by atoms with Gasteiger partial charge in [0.15, 0.2) is 0 Å². The maximum absolute atomic E-state index is 12.2. The first kappa shape index (κ1) is 21.2. The molecule has 2 aromatic carbocycles. The van der Waals surface area contributed by atoms with Crippen LogP contribution in [0.2, 0.25) is 0 Å². The summed E-state index contributed by atoms with van der Waals surface area (Å²) in [5.74, 6) is 0.616. The Bertz CT molecular complexity index is 944. The van der Waals surface area contributed by atoms with Gasteiger partial charge in [0.05, 0.1) is 0 Å². The van der Waals surface area contributed by atoms with E-state index in [2.05, 4.69) is 15.2 Å². The molecule has 6 nitrogen and oxygen atoms in total. The van der Waals surface area contributed by atoms with E-state index >= 15 is 0 Å². The third-order valence-electron chi connectivity index (χ3n) is 5.24. The maximum atomic E-state index is 12.2. The van der Waals surface area contributed by atoms with Gasteiger partial charge in [-0.2, -0.15) is 4.98 Å². The molecule has 0 saturated carbocycles. The minimum atomic E-state index is -1.02. The number of benzene rings is 2. The number of carboxylic acid groups (broad SMARTS) is 1. The molecule has 7 heteroatoms. The van der Waals surface area contributed by atoms with E-state index in [-0.39, 0.29) is 5.56 Å². The van der Waals surface area contributed by atoms with Crippen molar-refractivity contribution in [1.29, 1.82) is 0 Å². The largest absolute Gasteiger partial charge is 0.477 e. The van der Waals surface area contributed by atoms with Crippen molar-refractivity contribution in [2.24, 2.45) is 0 Å². The molecule has 1 saturated heterocycles. The molecule has 0 spiro atoms. The average Bonchev–Trinajstić information content (AvgIpc) is 2.82. The van der Waals surface area contributed by atoms with Gasteiger partial charge in [-0.25, -0.2) is 9.78 Å². The maximum Gasteiger partial charge on any atom is 0.342 e. The van der Waals surface area contributed by atoms with Crippen molar-refractivity contribution in [3.63, 3.8) is 0 Å². The Morgan fingerprint density at radius 2 is 1.58 bits per heavy atom. The molecule has 0 amide bonds. The van der Waals surface area contributed by atoms with E-state index in [1.54, 1.807) is 0 Å². The van der Waals surface area contributed by atoms with Gasteiger partial charge in [0.2, 0.25) is 5.95 Å². The average molecular weight is 435 g/mol. The molecule has 160 valence electrons. The van der Waals surface area contributed by atoms with E-state index in [4.69, 9.17) is 4.98 Å². The Labute approximate surface area is 186 Å². The molecule has 1 aliphatic rings. The number of hydrogen-bond acceptors (Lipinski definition) is 6. The van der Waals surface area contributed by atoms with E-state index in [1.807, 2.05) is 60.7 Å². The molecule has 0 bridgehead atoms. The lowest BCUT2D eigenvalue weighted by molar-refractivity contribution is 0.0693. The van der Waals surface area contributed by atoms with Crippen molar-refractivity contribution in [3.05, 3.63) is 77.4 Å². The van der Waals surface area contributed by atoms with Gasteiger partial charge in [0.1, 0.15) is 16.4 Å². The van der Waals surface area contributed by atoms with Gasteiger partial charge in [-0.3, -0.25) is 0 Å². The number of carbonyl (C=O) groups is 1. The third-order valence-corrected chi connectivity index (χ3v) is 6.28. The van der Waals surface area contributed by atoms with Gasteiger partial charge < -0.3 is 15.3 Å². The van der Waals surface area contributed by atoms with Gasteiger partial charge in [0.25, 0.3) is 0 Å². The lowest BCUT2D eigenvalue weighted by Crippen LogP contribution is -2.31. The Hall–Kier alpha value is -3.06. The highest BCUT2D eigenvalue weighted by Crippen LogP contribution is 2.31. The highest BCUT2D eigenvalue weighted by Gasteiger charge is 2.24. The number of aromatic carboxylic acids is 1. The quantitative estimate of drug-likeness (QED) is 0.378. The Morgan fingerprint density at radius 3 is 2.23 bits per heavy atom. The number of anilines is 2. The summed E-state index contributed by atoms with van der Waals surface area (Å²) >= 11 is 1.44.